The molecule has 2 aromatic rings. The van der Waals surface area contributed by atoms with E-state index >= 15 is 0 Å². The zero-order chi connectivity index (χ0) is 14.0. The highest BCUT2D eigenvalue weighted by molar-refractivity contribution is 6.06. The zero-order valence-corrected chi connectivity index (χ0v) is 10.1. The molecule has 3 N–H and O–H groups in total. The van der Waals surface area contributed by atoms with E-state index in [1.54, 1.807) is 0 Å². The number of amides is 1. The van der Waals surface area contributed by atoms with E-state index in [9.17, 15) is 13.6 Å². The van der Waals surface area contributed by atoms with Gasteiger partial charge in [-0.05, 0) is 24.6 Å². The zero-order valence-electron chi connectivity index (χ0n) is 10.1. The third-order valence-corrected chi connectivity index (χ3v) is 2.61. The molecule has 6 heteroatoms. The Kier molecular flexibility index (Phi) is 3.41. The first-order chi connectivity index (χ1) is 9.00. The number of aromatic nitrogens is 1. The quantitative estimate of drug-likeness (QED) is 0.874. The van der Waals surface area contributed by atoms with Gasteiger partial charge in [-0.1, -0.05) is 6.07 Å². The predicted molar refractivity (Wildman–Crippen MR) is 67.7 cm³/mol. The Hall–Kier alpha value is -2.50. The summed E-state index contributed by atoms with van der Waals surface area (Å²) < 4.78 is 27.3. The summed E-state index contributed by atoms with van der Waals surface area (Å²) in [7, 11) is 0. The molecule has 0 unspecified atom stereocenters. The van der Waals surface area contributed by atoms with E-state index in [4.69, 9.17) is 5.73 Å². The van der Waals surface area contributed by atoms with Gasteiger partial charge >= 0.3 is 0 Å². The van der Waals surface area contributed by atoms with E-state index in [1.165, 1.54) is 31.5 Å². The molecule has 1 amide bonds. The van der Waals surface area contributed by atoms with Crippen LogP contribution in [0, 0.1) is 18.6 Å². The monoisotopic (exact) mass is 263 g/mol. The number of nitrogens with zero attached hydrogens (tertiary/aromatic N) is 1. The van der Waals surface area contributed by atoms with Crippen molar-refractivity contribution < 1.29 is 13.6 Å². The van der Waals surface area contributed by atoms with Gasteiger partial charge in [-0.25, -0.2) is 8.78 Å². The standard InChI is InChI=1S/C13H11F2N3O/c1-7-2-3-8(14)11(12(7)15)13(19)18-10-4-5-17-6-9(10)16/h2-6H,16H2,1H3,(H,17,18,19). The lowest BCUT2D eigenvalue weighted by atomic mass is 10.1. The predicted octanol–water partition coefficient (Wildman–Crippen LogP) is 2.50. The number of hydrogen-bond donors (Lipinski definition) is 2. The fourth-order valence-corrected chi connectivity index (χ4v) is 1.57. The van der Waals surface area contributed by atoms with Crippen molar-refractivity contribution >= 4 is 17.3 Å². The van der Waals surface area contributed by atoms with Crippen LogP contribution >= 0.6 is 0 Å². The number of pyridine rings is 1. The number of carbonyl (C=O) groups is 1. The van der Waals surface area contributed by atoms with Crippen LogP contribution in [0.25, 0.3) is 0 Å². The number of nitrogens with one attached hydrogen (secondary N) is 1. The average Bonchev–Trinajstić information content (AvgIpc) is 2.37. The minimum absolute atomic E-state index is 0.189. The van der Waals surface area contributed by atoms with E-state index in [1.807, 2.05) is 0 Å². The highest BCUT2D eigenvalue weighted by Gasteiger charge is 2.19. The fourth-order valence-electron chi connectivity index (χ4n) is 1.57. The Morgan fingerprint density at radius 2 is 2.05 bits per heavy atom. The highest BCUT2D eigenvalue weighted by Crippen LogP contribution is 2.20. The van der Waals surface area contributed by atoms with Crippen LogP contribution in [0.15, 0.2) is 30.6 Å². The van der Waals surface area contributed by atoms with Gasteiger partial charge in [0.05, 0.1) is 17.6 Å². The molecule has 0 bridgehead atoms. The second-order valence-corrected chi connectivity index (χ2v) is 3.97. The minimum atomic E-state index is -0.923. The van der Waals surface area contributed by atoms with Crippen LogP contribution in [-0.4, -0.2) is 10.9 Å². The second kappa shape index (κ2) is 5.01. The third-order valence-electron chi connectivity index (χ3n) is 2.61. The number of nitrogens with two attached hydrogens (primary N) is 1. The number of carbonyl (C=O) groups excluding carboxylic acids is 1. The fraction of sp³-hybridized carbons (Fsp3) is 0.0769. The van der Waals surface area contributed by atoms with Gasteiger partial charge in [-0.2, -0.15) is 0 Å². The molecule has 0 atom stereocenters. The maximum atomic E-state index is 13.8. The van der Waals surface area contributed by atoms with Crippen LogP contribution in [0.2, 0.25) is 0 Å². The number of benzene rings is 1. The molecule has 0 saturated carbocycles. The van der Waals surface area contributed by atoms with Gasteiger partial charge in [0.15, 0.2) is 0 Å². The Bertz CT molecular complexity index is 644. The van der Waals surface area contributed by atoms with Crippen LogP contribution in [-0.2, 0) is 0 Å². The van der Waals surface area contributed by atoms with Gasteiger partial charge in [-0.3, -0.25) is 9.78 Å². The molecule has 4 nitrogen and oxygen atoms in total. The molecule has 1 aromatic heterocycles. The summed E-state index contributed by atoms with van der Waals surface area (Å²) in [6.45, 7) is 1.45. The van der Waals surface area contributed by atoms with Gasteiger partial charge in [-0.15, -0.1) is 0 Å². The van der Waals surface area contributed by atoms with E-state index in [-0.39, 0.29) is 16.9 Å². The molecule has 1 heterocycles. The summed E-state index contributed by atoms with van der Waals surface area (Å²) >= 11 is 0. The molecule has 0 aliphatic heterocycles. The molecule has 0 fully saturated rings. The molecule has 0 radical (unpaired) electrons. The Balaban J connectivity index is 2.36. The van der Waals surface area contributed by atoms with Crippen molar-refractivity contribution in [1.29, 1.82) is 0 Å². The summed E-state index contributed by atoms with van der Waals surface area (Å²) in [6.07, 6.45) is 2.74. The molecular formula is C13H11F2N3O. The van der Waals surface area contributed by atoms with Gasteiger partial charge in [0.2, 0.25) is 0 Å². The summed E-state index contributed by atoms with van der Waals surface area (Å²) in [4.78, 5) is 15.6. The first kappa shape index (κ1) is 12.9. The van der Waals surface area contributed by atoms with Crippen LogP contribution in [0.4, 0.5) is 20.2 Å². The third kappa shape index (κ3) is 2.52. The molecule has 0 saturated heterocycles. The number of nitrogen functional groups attached to an aromatic ring is 1. The normalized spacial score (nSPS) is 10.3. The number of halogens is 2. The van der Waals surface area contributed by atoms with Gasteiger partial charge in [0.25, 0.3) is 5.91 Å². The number of anilines is 2. The Morgan fingerprint density at radius 3 is 2.74 bits per heavy atom. The van der Waals surface area contributed by atoms with E-state index in [0.29, 0.717) is 0 Å². The molecule has 2 rings (SSSR count). The van der Waals surface area contributed by atoms with Crippen molar-refractivity contribution in [2.75, 3.05) is 11.1 Å². The van der Waals surface area contributed by atoms with E-state index < -0.39 is 23.1 Å². The van der Waals surface area contributed by atoms with Crippen molar-refractivity contribution in [1.82, 2.24) is 4.98 Å². The molecular weight excluding hydrogens is 252 g/mol. The van der Waals surface area contributed by atoms with Crippen molar-refractivity contribution in [3.8, 4) is 0 Å². The lowest BCUT2D eigenvalue weighted by molar-refractivity contribution is 0.101. The van der Waals surface area contributed by atoms with Gasteiger partial charge in [0, 0.05) is 6.20 Å². The molecule has 0 aliphatic carbocycles. The second-order valence-electron chi connectivity index (χ2n) is 3.97. The topological polar surface area (TPSA) is 68.0 Å². The van der Waals surface area contributed by atoms with Crippen molar-refractivity contribution in [3.63, 3.8) is 0 Å². The van der Waals surface area contributed by atoms with Crippen molar-refractivity contribution in [3.05, 3.63) is 53.4 Å². The first-order valence-electron chi connectivity index (χ1n) is 5.46. The van der Waals surface area contributed by atoms with Crippen molar-refractivity contribution in [2.45, 2.75) is 6.92 Å². The summed E-state index contributed by atoms with van der Waals surface area (Å²) in [5, 5.41) is 2.35. The van der Waals surface area contributed by atoms with Gasteiger partial charge < -0.3 is 11.1 Å². The SMILES string of the molecule is Cc1ccc(F)c(C(=O)Nc2ccncc2N)c1F. The Labute approximate surface area is 108 Å². The number of rotatable bonds is 2. The maximum Gasteiger partial charge on any atom is 0.261 e. The Morgan fingerprint density at radius 1 is 1.32 bits per heavy atom. The van der Waals surface area contributed by atoms with Crippen molar-refractivity contribution in [2.24, 2.45) is 0 Å². The van der Waals surface area contributed by atoms with Crippen LogP contribution in [0.5, 0.6) is 0 Å². The first-order valence-corrected chi connectivity index (χ1v) is 5.46. The van der Waals surface area contributed by atoms with Crippen LogP contribution < -0.4 is 11.1 Å². The maximum absolute atomic E-state index is 13.8. The molecule has 0 aliphatic rings. The number of aryl methyl sites for hydroxylation is 1. The molecule has 98 valence electrons. The largest absolute Gasteiger partial charge is 0.396 e. The lowest BCUT2D eigenvalue weighted by Crippen LogP contribution is -2.17. The van der Waals surface area contributed by atoms with Crippen LogP contribution in [0.1, 0.15) is 15.9 Å². The van der Waals surface area contributed by atoms with E-state index in [0.717, 1.165) is 6.07 Å². The summed E-state index contributed by atoms with van der Waals surface area (Å²) in [5.41, 5.74) is 5.61. The van der Waals surface area contributed by atoms with Crippen LogP contribution in [0.3, 0.4) is 0 Å². The van der Waals surface area contributed by atoms with E-state index in [2.05, 4.69) is 10.3 Å². The smallest absolute Gasteiger partial charge is 0.261 e. The van der Waals surface area contributed by atoms with Gasteiger partial charge in [0.1, 0.15) is 17.2 Å². The molecule has 19 heavy (non-hydrogen) atoms. The minimum Gasteiger partial charge on any atom is -0.396 e. The summed E-state index contributed by atoms with van der Waals surface area (Å²) in [6, 6.07) is 3.75. The molecule has 1 aromatic carbocycles. The lowest BCUT2D eigenvalue weighted by Gasteiger charge is -2.09. The number of hydrogen-bond acceptors (Lipinski definition) is 3. The highest BCUT2D eigenvalue weighted by atomic mass is 19.1. The molecule has 0 spiro atoms. The average molecular weight is 263 g/mol. The summed E-state index contributed by atoms with van der Waals surface area (Å²) in [5.74, 6) is -2.70.